The summed E-state index contributed by atoms with van der Waals surface area (Å²) in [6.45, 7) is 3.58. The Morgan fingerprint density at radius 3 is 2.62 bits per heavy atom. The highest BCUT2D eigenvalue weighted by Crippen LogP contribution is 2.36. The van der Waals surface area contributed by atoms with Gasteiger partial charge >= 0.3 is 0 Å². The van der Waals surface area contributed by atoms with Gasteiger partial charge in [0.15, 0.2) is 18.1 Å². The lowest BCUT2D eigenvalue weighted by Gasteiger charge is -2.14. The van der Waals surface area contributed by atoms with Crippen molar-refractivity contribution < 1.29 is 18.7 Å². The summed E-state index contributed by atoms with van der Waals surface area (Å²) in [6.07, 6.45) is 1.51. The molecule has 4 rings (SSSR count). The number of carbonyl (C=O) groups is 1. The average molecular weight is 632 g/mol. The fraction of sp³-hybridized carbons (Fsp3) is 0.154. The monoisotopic (exact) mass is 630 g/mol. The largest absolute Gasteiger partial charge is 0.490 e. The van der Waals surface area contributed by atoms with Crippen molar-refractivity contribution in [3.8, 4) is 11.5 Å². The molecule has 37 heavy (non-hydrogen) atoms. The molecule has 0 saturated heterocycles. The van der Waals surface area contributed by atoms with Gasteiger partial charge in [-0.1, -0.05) is 15.9 Å². The van der Waals surface area contributed by atoms with E-state index >= 15 is 0 Å². The average Bonchev–Trinajstić information content (AvgIpc) is 2.85. The molecule has 0 unspecified atom stereocenters. The predicted octanol–water partition coefficient (Wildman–Crippen LogP) is 5.67. The number of anilines is 1. The fourth-order valence-corrected chi connectivity index (χ4v) is 4.39. The molecule has 0 aliphatic carbocycles. The molecule has 1 amide bonds. The lowest BCUT2D eigenvalue weighted by atomic mass is 10.2. The van der Waals surface area contributed by atoms with Crippen LogP contribution in [0.2, 0.25) is 0 Å². The SMILES string of the molecule is CCOc1cc(C=Nn2c(C)nc3ccc(Br)cc3c2=O)cc(Br)c1OCC(=O)Nc1ccc(F)cc1. The summed E-state index contributed by atoms with van der Waals surface area (Å²) >= 11 is 6.84. The Bertz CT molecular complexity index is 1560. The Balaban J connectivity index is 1.56. The molecule has 0 saturated carbocycles. The molecule has 11 heteroatoms. The molecule has 0 fully saturated rings. The van der Waals surface area contributed by atoms with E-state index in [0.29, 0.717) is 50.6 Å². The Hall–Kier alpha value is -3.57. The number of nitrogens with one attached hydrogen (secondary N) is 1. The second-order valence-electron chi connectivity index (χ2n) is 7.79. The number of fused-ring (bicyclic) bond motifs is 1. The van der Waals surface area contributed by atoms with E-state index < -0.39 is 11.7 Å². The molecule has 0 bridgehead atoms. The van der Waals surface area contributed by atoms with E-state index in [-0.39, 0.29) is 12.2 Å². The van der Waals surface area contributed by atoms with Crippen molar-refractivity contribution >= 4 is 60.6 Å². The number of hydrogen-bond donors (Lipinski definition) is 1. The Morgan fingerprint density at radius 1 is 1.14 bits per heavy atom. The van der Waals surface area contributed by atoms with Crippen LogP contribution in [0.25, 0.3) is 10.9 Å². The van der Waals surface area contributed by atoms with Crippen LogP contribution in [0, 0.1) is 12.7 Å². The third-order valence-corrected chi connectivity index (χ3v) is 6.18. The van der Waals surface area contributed by atoms with Gasteiger partial charge in [-0.2, -0.15) is 9.78 Å². The summed E-state index contributed by atoms with van der Waals surface area (Å²) < 4.78 is 27.0. The van der Waals surface area contributed by atoms with Crippen LogP contribution in [0.15, 0.2) is 73.4 Å². The first-order valence-electron chi connectivity index (χ1n) is 11.1. The summed E-state index contributed by atoms with van der Waals surface area (Å²) in [6, 6.07) is 14.1. The first-order valence-corrected chi connectivity index (χ1v) is 12.7. The molecule has 1 heterocycles. The van der Waals surface area contributed by atoms with Crippen LogP contribution in [-0.4, -0.2) is 35.0 Å². The van der Waals surface area contributed by atoms with E-state index in [1.165, 1.54) is 35.2 Å². The molecule has 0 aliphatic heterocycles. The van der Waals surface area contributed by atoms with Gasteiger partial charge in [-0.15, -0.1) is 0 Å². The van der Waals surface area contributed by atoms with Crippen molar-refractivity contribution in [1.82, 2.24) is 9.66 Å². The zero-order valence-electron chi connectivity index (χ0n) is 19.8. The van der Waals surface area contributed by atoms with E-state index in [9.17, 15) is 14.0 Å². The highest BCUT2D eigenvalue weighted by Gasteiger charge is 2.15. The molecular formula is C26H21Br2FN4O4. The zero-order chi connectivity index (χ0) is 26.5. The molecule has 1 aromatic heterocycles. The van der Waals surface area contributed by atoms with Gasteiger partial charge < -0.3 is 14.8 Å². The molecule has 0 atom stereocenters. The predicted molar refractivity (Wildman–Crippen MR) is 147 cm³/mol. The van der Waals surface area contributed by atoms with Crippen LogP contribution in [0.4, 0.5) is 10.1 Å². The van der Waals surface area contributed by atoms with Gasteiger partial charge in [-0.05, 0) is 89.9 Å². The number of aromatic nitrogens is 2. The van der Waals surface area contributed by atoms with Gasteiger partial charge in [0.05, 0.1) is 28.2 Å². The van der Waals surface area contributed by atoms with E-state index in [2.05, 4.69) is 47.3 Å². The second kappa shape index (κ2) is 11.7. The summed E-state index contributed by atoms with van der Waals surface area (Å²) in [5.41, 5.74) is 1.37. The minimum absolute atomic E-state index is 0.295. The number of aryl methyl sites for hydroxylation is 1. The molecular weight excluding hydrogens is 611 g/mol. The second-order valence-corrected chi connectivity index (χ2v) is 9.56. The number of nitrogens with zero attached hydrogens (tertiary/aromatic N) is 3. The van der Waals surface area contributed by atoms with Crippen LogP contribution in [0.5, 0.6) is 11.5 Å². The van der Waals surface area contributed by atoms with Crippen LogP contribution in [0.3, 0.4) is 0 Å². The van der Waals surface area contributed by atoms with E-state index in [1.807, 2.05) is 13.0 Å². The maximum absolute atomic E-state index is 13.1. The number of benzene rings is 3. The summed E-state index contributed by atoms with van der Waals surface area (Å²) in [5, 5.41) is 7.43. The van der Waals surface area contributed by atoms with Crippen molar-refractivity contribution in [3.63, 3.8) is 0 Å². The molecule has 0 radical (unpaired) electrons. The van der Waals surface area contributed by atoms with Gasteiger partial charge in [0.2, 0.25) is 0 Å². The van der Waals surface area contributed by atoms with Crippen molar-refractivity contribution in [2.45, 2.75) is 13.8 Å². The number of hydrogen-bond acceptors (Lipinski definition) is 6. The standard InChI is InChI=1S/C26H21Br2FN4O4/c1-3-36-23-11-16(13-30-33-15(2)31-22-9-4-17(27)12-20(22)26(33)35)10-21(28)25(23)37-14-24(34)32-19-7-5-18(29)6-8-19/h4-13H,3,14H2,1-2H3,(H,32,34). The van der Waals surface area contributed by atoms with Gasteiger partial charge in [-0.3, -0.25) is 9.59 Å². The Morgan fingerprint density at radius 2 is 1.89 bits per heavy atom. The zero-order valence-corrected chi connectivity index (χ0v) is 23.0. The number of ether oxygens (including phenoxy) is 2. The summed E-state index contributed by atoms with van der Waals surface area (Å²) in [7, 11) is 0. The topological polar surface area (TPSA) is 94.8 Å². The number of rotatable bonds is 8. The molecule has 3 aromatic carbocycles. The van der Waals surface area contributed by atoms with Gasteiger partial charge in [0.25, 0.3) is 11.5 Å². The number of amides is 1. The third-order valence-electron chi connectivity index (χ3n) is 5.10. The Labute approximate surface area is 228 Å². The molecule has 8 nitrogen and oxygen atoms in total. The molecule has 0 aliphatic rings. The van der Waals surface area contributed by atoms with Gasteiger partial charge in [-0.25, -0.2) is 9.37 Å². The van der Waals surface area contributed by atoms with Crippen LogP contribution in [-0.2, 0) is 4.79 Å². The van der Waals surface area contributed by atoms with Crippen LogP contribution in [0.1, 0.15) is 18.3 Å². The van der Waals surface area contributed by atoms with Gasteiger partial charge in [0.1, 0.15) is 11.6 Å². The highest BCUT2D eigenvalue weighted by atomic mass is 79.9. The molecule has 0 spiro atoms. The van der Waals surface area contributed by atoms with Crippen molar-refractivity contribution in [2.75, 3.05) is 18.5 Å². The van der Waals surface area contributed by atoms with Crippen molar-refractivity contribution in [3.05, 3.63) is 91.1 Å². The van der Waals surface area contributed by atoms with Crippen LogP contribution < -0.4 is 20.3 Å². The van der Waals surface area contributed by atoms with E-state index in [1.54, 1.807) is 31.2 Å². The van der Waals surface area contributed by atoms with Crippen molar-refractivity contribution in [2.24, 2.45) is 5.10 Å². The lowest BCUT2D eigenvalue weighted by molar-refractivity contribution is -0.118. The molecule has 4 aromatic rings. The van der Waals surface area contributed by atoms with Gasteiger partial charge in [0, 0.05) is 10.2 Å². The van der Waals surface area contributed by atoms with Crippen molar-refractivity contribution in [1.29, 1.82) is 0 Å². The normalized spacial score (nSPS) is 11.2. The molecule has 1 N–H and O–H groups in total. The fourth-order valence-electron chi connectivity index (χ4n) is 3.45. The maximum atomic E-state index is 13.1. The first-order chi connectivity index (χ1) is 17.7. The minimum Gasteiger partial charge on any atom is -0.490 e. The first kappa shape index (κ1) is 26.5. The minimum atomic E-state index is -0.420. The third kappa shape index (κ3) is 6.41. The summed E-state index contributed by atoms with van der Waals surface area (Å²) in [5.74, 6) is 0.341. The summed E-state index contributed by atoms with van der Waals surface area (Å²) in [4.78, 5) is 29.8. The van der Waals surface area contributed by atoms with E-state index in [4.69, 9.17) is 9.47 Å². The van der Waals surface area contributed by atoms with Crippen LogP contribution >= 0.6 is 31.9 Å². The van der Waals surface area contributed by atoms with E-state index in [0.717, 1.165) is 4.47 Å². The number of carbonyl (C=O) groups excluding carboxylic acids is 1. The quantitative estimate of drug-likeness (QED) is 0.253. The highest BCUT2D eigenvalue weighted by molar-refractivity contribution is 9.10. The lowest BCUT2D eigenvalue weighted by Crippen LogP contribution is -2.21. The number of halogens is 3. The maximum Gasteiger partial charge on any atom is 0.282 e. The Kier molecular flexibility index (Phi) is 8.34. The smallest absolute Gasteiger partial charge is 0.282 e. The molecule has 190 valence electrons.